The van der Waals surface area contributed by atoms with Crippen LogP contribution in [0.25, 0.3) is 96.6 Å². The van der Waals surface area contributed by atoms with Gasteiger partial charge < -0.3 is 4.90 Å². The molecule has 0 unspecified atom stereocenters. The molecule has 0 aliphatic heterocycles. The molecule has 0 saturated heterocycles. The molecule has 0 aliphatic rings. The average molecular weight is 780 g/mol. The molecule has 60 heavy (non-hydrogen) atoms. The fraction of sp³-hybridized carbons (Fsp3) is 0. The van der Waals surface area contributed by atoms with Crippen molar-refractivity contribution in [1.29, 1.82) is 0 Å². The number of hydrogen-bond donors (Lipinski definition) is 0. The Morgan fingerprint density at radius 3 is 1.57 bits per heavy atom. The Bertz CT molecular complexity index is 3600. The van der Waals surface area contributed by atoms with E-state index < -0.39 is 0 Å². The lowest BCUT2D eigenvalue weighted by atomic mass is 9.85. The van der Waals surface area contributed by atoms with Crippen LogP contribution in [0.3, 0.4) is 0 Å². The number of benzene rings is 11. The topological polar surface area (TPSA) is 3.24 Å². The van der Waals surface area contributed by atoms with Crippen molar-refractivity contribution in [1.82, 2.24) is 0 Å². The SMILES string of the molecule is c1ccc(-c2c(-c3cccc(N(c4ccc(-c5cccc6c5sc5ccccc56)cc4)c4cc5ccccc5c5ccccc45)c3)c3ccccc3c3ccccc23)cc1. The van der Waals surface area contributed by atoms with Crippen LogP contribution in [0.4, 0.5) is 17.1 Å². The minimum absolute atomic E-state index is 1.10. The molecular formula is C58H37NS. The Labute approximate surface area is 352 Å². The normalized spacial score (nSPS) is 11.7. The zero-order valence-corrected chi connectivity index (χ0v) is 33.5. The molecule has 1 nitrogen and oxygen atoms in total. The highest BCUT2D eigenvalue weighted by Gasteiger charge is 2.22. The number of nitrogens with zero attached hydrogens (tertiary/aromatic N) is 1. The van der Waals surface area contributed by atoms with E-state index in [1.807, 2.05) is 11.3 Å². The summed E-state index contributed by atoms with van der Waals surface area (Å²) >= 11 is 1.88. The molecule has 0 spiro atoms. The second kappa shape index (κ2) is 14.1. The highest BCUT2D eigenvalue weighted by atomic mass is 32.1. The van der Waals surface area contributed by atoms with Gasteiger partial charge in [0.05, 0.1) is 5.69 Å². The van der Waals surface area contributed by atoms with Gasteiger partial charge in [0.1, 0.15) is 0 Å². The molecule has 0 N–H and O–H groups in total. The van der Waals surface area contributed by atoms with Gasteiger partial charge in [-0.1, -0.05) is 188 Å². The zero-order chi connectivity index (χ0) is 39.6. The molecule has 0 saturated carbocycles. The number of hydrogen-bond acceptors (Lipinski definition) is 2. The largest absolute Gasteiger partial charge is 0.310 e. The van der Waals surface area contributed by atoms with Gasteiger partial charge >= 0.3 is 0 Å². The molecule has 0 amide bonds. The summed E-state index contributed by atoms with van der Waals surface area (Å²) in [5, 5.41) is 12.6. The third-order valence-corrected chi connectivity index (χ3v) is 13.4. The minimum atomic E-state index is 1.10. The van der Waals surface area contributed by atoms with Crippen LogP contribution in [0.5, 0.6) is 0 Å². The summed E-state index contributed by atoms with van der Waals surface area (Å²) in [5.74, 6) is 0. The number of rotatable bonds is 6. The predicted octanol–water partition coefficient (Wildman–Crippen LogP) is 17.1. The van der Waals surface area contributed by atoms with Crippen molar-refractivity contribution in [2.45, 2.75) is 0 Å². The lowest BCUT2D eigenvalue weighted by Crippen LogP contribution is -2.11. The summed E-state index contributed by atoms with van der Waals surface area (Å²) in [4.78, 5) is 2.47. The van der Waals surface area contributed by atoms with Crippen LogP contribution in [0.1, 0.15) is 0 Å². The highest BCUT2D eigenvalue weighted by molar-refractivity contribution is 7.26. The molecule has 0 bridgehead atoms. The molecule has 0 atom stereocenters. The number of fused-ring (bicyclic) bond motifs is 9. The molecule has 11 aromatic carbocycles. The van der Waals surface area contributed by atoms with Gasteiger partial charge in [-0.15, -0.1) is 11.3 Å². The summed E-state index contributed by atoms with van der Waals surface area (Å²) in [7, 11) is 0. The molecule has 12 aromatic rings. The van der Waals surface area contributed by atoms with Crippen molar-refractivity contribution < 1.29 is 0 Å². The van der Waals surface area contributed by atoms with Crippen molar-refractivity contribution in [3.05, 3.63) is 224 Å². The lowest BCUT2D eigenvalue weighted by molar-refractivity contribution is 1.30. The van der Waals surface area contributed by atoms with Gasteiger partial charge in [-0.2, -0.15) is 0 Å². The van der Waals surface area contributed by atoms with Crippen LogP contribution < -0.4 is 4.90 Å². The van der Waals surface area contributed by atoms with Crippen LogP contribution >= 0.6 is 11.3 Å². The summed E-state index contributed by atoms with van der Waals surface area (Å²) < 4.78 is 2.65. The Morgan fingerprint density at radius 2 is 0.833 bits per heavy atom. The monoisotopic (exact) mass is 779 g/mol. The summed E-state index contributed by atoms with van der Waals surface area (Å²) in [6, 6.07) is 82.5. The smallest absolute Gasteiger partial charge is 0.0546 e. The molecule has 0 aliphatic carbocycles. The van der Waals surface area contributed by atoms with Gasteiger partial charge in [-0.05, 0) is 107 Å². The van der Waals surface area contributed by atoms with Crippen LogP contribution in [-0.2, 0) is 0 Å². The van der Waals surface area contributed by atoms with E-state index in [-0.39, 0.29) is 0 Å². The van der Waals surface area contributed by atoms with Gasteiger partial charge in [0.15, 0.2) is 0 Å². The van der Waals surface area contributed by atoms with Crippen LogP contribution in [0.15, 0.2) is 224 Å². The van der Waals surface area contributed by atoms with Crippen molar-refractivity contribution in [3.63, 3.8) is 0 Å². The van der Waals surface area contributed by atoms with Crippen LogP contribution in [0, 0.1) is 0 Å². The molecular weight excluding hydrogens is 743 g/mol. The quantitative estimate of drug-likeness (QED) is 0.152. The summed E-state index contributed by atoms with van der Waals surface area (Å²) in [5.41, 5.74) is 10.7. The van der Waals surface area contributed by atoms with Gasteiger partial charge in [0.2, 0.25) is 0 Å². The fourth-order valence-corrected chi connectivity index (χ4v) is 10.8. The van der Waals surface area contributed by atoms with E-state index in [1.165, 1.54) is 96.6 Å². The molecule has 280 valence electrons. The van der Waals surface area contributed by atoms with E-state index in [1.54, 1.807) is 0 Å². The third kappa shape index (κ3) is 5.53. The maximum absolute atomic E-state index is 2.47. The van der Waals surface area contributed by atoms with Crippen LogP contribution in [0.2, 0.25) is 0 Å². The maximum Gasteiger partial charge on any atom is 0.0546 e. The molecule has 1 aromatic heterocycles. The van der Waals surface area contributed by atoms with Gasteiger partial charge in [-0.3, -0.25) is 0 Å². The number of anilines is 3. The van der Waals surface area contributed by atoms with E-state index in [0.717, 1.165) is 17.1 Å². The van der Waals surface area contributed by atoms with Gasteiger partial charge in [0.25, 0.3) is 0 Å². The first-order chi connectivity index (χ1) is 29.8. The first-order valence-electron chi connectivity index (χ1n) is 20.6. The van der Waals surface area contributed by atoms with E-state index in [9.17, 15) is 0 Å². The summed E-state index contributed by atoms with van der Waals surface area (Å²) in [6.07, 6.45) is 0. The zero-order valence-electron chi connectivity index (χ0n) is 32.7. The van der Waals surface area contributed by atoms with Crippen molar-refractivity contribution in [2.24, 2.45) is 0 Å². The van der Waals surface area contributed by atoms with Crippen molar-refractivity contribution in [3.8, 4) is 33.4 Å². The number of thiophene rings is 1. The van der Waals surface area contributed by atoms with Crippen molar-refractivity contribution >= 4 is 91.7 Å². The molecule has 12 rings (SSSR count). The third-order valence-electron chi connectivity index (χ3n) is 12.2. The van der Waals surface area contributed by atoms with E-state index in [4.69, 9.17) is 0 Å². The first kappa shape index (κ1) is 34.5. The fourth-order valence-electron chi connectivity index (χ4n) is 9.56. The Balaban J connectivity index is 1.10. The van der Waals surface area contributed by atoms with E-state index >= 15 is 0 Å². The van der Waals surface area contributed by atoms with Crippen LogP contribution in [-0.4, -0.2) is 0 Å². The molecule has 0 fully saturated rings. The Kier molecular flexibility index (Phi) is 8.11. The first-order valence-corrected chi connectivity index (χ1v) is 21.4. The summed E-state index contributed by atoms with van der Waals surface area (Å²) in [6.45, 7) is 0. The predicted molar refractivity (Wildman–Crippen MR) is 260 cm³/mol. The Morgan fingerprint density at radius 1 is 0.300 bits per heavy atom. The van der Waals surface area contributed by atoms with Crippen molar-refractivity contribution in [2.75, 3.05) is 4.90 Å². The van der Waals surface area contributed by atoms with E-state index in [0.29, 0.717) is 0 Å². The second-order valence-corrected chi connectivity index (χ2v) is 16.6. The second-order valence-electron chi connectivity index (χ2n) is 15.6. The minimum Gasteiger partial charge on any atom is -0.310 e. The van der Waals surface area contributed by atoms with E-state index in [2.05, 4.69) is 229 Å². The molecule has 2 heteroatoms. The molecule has 0 radical (unpaired) electrons. The standard InChI is InChI=1S/C58H37NS/c1-2-16-39(17-3-1)56-51-27-10-7-23-47(51)48-24-8-11-28-52(48)57(56)41-19-14-20-43(36-41)59(54-37-40-18-4-5-21-44(40)46-22-6-9-25-49(46)54)42-34-32-38(33-35-42)45-29-15-30-53-50-26-12-13-31-55(50)60-58(45)53/h1-37H. The van der Waals surface area contributed by atoms with Gasteiger partial charge in [-0.25, -0.2) is 0 Å². The van der Waals surface area contributed by atoms with Gasteiger partial charge in [0, 0.05) is 36.9 Å². The Hall–Kier alpha value is -7.52. The molecule has 1 heterocycles. The maximum atomic E-state index is 2.47. The highest BCUT2D eigenvalue weighted by Crippen LogP contribution is 2.48. The average Bonchev–Trinajstić information content (AvgIpc) is 3.71. The lowest BCUT2D eigenvalue weighted by Gasteiger charge is -2.28.